The van der Waals surface area contributed by atoms with Gasteiger partial charge < -0.3 is 32.1 Å². The van der Waals surface area contributed by atoms with Crippen molar-refractivity contribution in [3.8, 4) is 0 Å². The zero-order chi connectivity index (χ0) is 22.8. The van der Waals surface area contributed by atoms with E-state index in [4.69, 9.17) is 16.6 Å². The van der Waals surface area contributed by atoms with Gasteiger partial charge in [0.25, 0.3) is 0 Å². The fraction of sp³-hybridized carbons (Fsp3) is 0.800. The van der Waals surface area contributed by atoms with Gasteiger partial charge in [-0.15, -0.1) is 0 Å². The van der Waals surface area contributed by atoms with Crippen molar-refractivity contribution in [3.63, 3.8) is 0 Å². The number of carbonyl (C=O) groups excluding carboxylic acids is 3. The molecule has 1 fully saturated rings. The van der Waals surface area contributed by atoms with Crippen LogP contribution in [-0.4, -0.2) is 71.0 Å². The Bertz CT molecular complexity index is 614. The van der Waals surface area contributed by atoms with Crippen LogP contribution in [0.4, 0.5) is 0 Å². The van der Waals surface area contributed by atoms with Gasteiger partial charge in [0.2, 0.25) is 17.7 Å². The topological polar surface area (TPSA) is 168 Å². The molecule has 0 aromatic carbocycles. The minimum atomic E-state index is -1.15. The molecule has 5 atom stereocenters. The maximum Gasteiger partial charge on any atom is 0.325 e. The molecule has 7 N–H and O–H groups in total. The number of nitrogens with one attached hydrogen (secondary N) is 2. The van der Waals surface area contributed by atoms with Crippen LogP contribution in [0.2, 0.25) is 0 Å². The van der Waals surface area contributed by atoms with E-state index in [9.17, 15) is 19.2 Å². The van der Waals surface area contributed by atoms with Crippen LogP contribution in [0.25, 0.3) is 0 Å². The standard InChI is InChI=1S/C20H37N5O5/c1-4-12(2)16(24-17(26)14(22)8-5-6-10-21)19(28)25-11-7-9-15(25)18(27)23-13(3)20(29)30/h12-16H,4-11,21-22H2,1-3H3,(H,23,27)(H,24,26)(H,29,30). The maximum absolute atomic E-state index is 13.3. The summed E-state index contributed by atoms with van der Waals surface area (Å²) in [6, 6.07) is -3.33. The normalized spacial score (nSPS) is 20.2. The molecule has 0 radical (unpaired) electrons. The predicted molar refractivity (Wildman–Crippen MR) is 112 cm³/mol. The molecule has 0 bridgehead atoms. The Labute approximate surface area is 178 Å². The molecule has 1 aliphatic heterocycles. The first-order chi connectivity index (χ1) is 14.1. The van der Waals surface area contributed by atoms with Crippen molar-refractivity contribution >= 4 is 23.7 Å². The number of unbranched alkanes of at least 4 members (excludes halogenated alkanes) is 1. The van der Waals surface area contributed by atoms with Gasteiger partial charge in [-0.2, -0.15) is 0 Å². The van der Waals surface area contributed by atoms with Crippen molar-refractivity contribution < 1.29 is 24.3 Å². The molecule has 1 heterocycles. The number of nitrogens with two attached hydrogens (primary N) is 2. The van der Waals surface area contributed by atoms with Gasteiger partial charge in [-0.1, -0.05) is 26.7 Å². The highest BCUT2D eigenvalue weighted by Gasteiger charge is 2.40. The van der Waals surface area contributed by atoms with E-state index in [0.29, 0.717) is 38.8 Å². The number of aliphatic carboxylic acids is 1. The molecule has 0 aromatic rings. The van der Waals surface area contributed by atoms with Crippen LogP contribution in [-0.2, 0) is 19.2 Å². The Kier molecular flexibility index (Phi) is 10.8. The summed E-state index contributed by atoms with van der Waals surface area (Å²) >= 11 is 0. The van der Waals surface area contributed by atoms with Gasteiger partial charge in [-0.25, -0.2) is 0 Å². The number of likely N-dealkylation sites (tertiary alicyclic amines) is 1. The van der Waals surface area contributed by atoms with Crippen LogP contribution in [0.3, 0.4) is 0 Å². The first kappa shape index (κ1) is 25.8. The Morgan fingerprint density at radius 2 is 1.83 bits per heavy atom. The van der Waals surface area contributed by atoms with Crippen molar-refractivity contribution in [3.05, 3.63) is 0 Å². The van der Waals surface area contributed by atoms with Crippen LogP contribution in [0.5, 0.6) is 0 Å². The molecule has 0 spiro atoms. The highest BCUT2D eigenvalue weighted by molar-refractivity contribution is 5.94. The molecule has 10 nitrogen and oxygen atoms in total. The molecule has 0 aromatic heterocycles. The minimum Gasteiger partial charge on any atom is -0.480 e. The molecule has 30 heavy (non-hydrogen) atoms. The van der Waals surface area contributed by atoms with Gasteiger partial charge in [-0.3, -0.25) is 19.2 Å². The Hall–Kier alpha value is -2.20. The summed E-state index contributed by atoms with van der Waals surface area (Å²) < 4.78 is 0. The average molecular weight is 428 g/mol. The fourth-order valence-corrected chi connectivity index (χ4v) is 3.44. The zero-order valence-corrected chi connectivity index (χ0v) is 18.2. The van der Waals surface area contributed by atoms with E-state index in [2.05, 4.69) is 10.6 Å². The highest BCUT2D eigenvalue weighted by Crippen LogP contribution is 2.21. The number of rotatable bonds is 12. The van der Waals surface area contributed by atoms with E-state index in [-0.39, 0.29) is 11.8 Å². The summed E-state index contributed by atoms with van der Waals surface area (Å²) in [6.07, 6.45) is 3.71. The number of carboxylic acids is 1. The Morgan fingerprint density at radius 3 is 2.40 bits per heavy atom. The van der Waals surface area contributed by atoms with Crippen molar-refractivity contribution in [1.82, 2.24) is 15.5 Å². The minimum absolute atomic E-state index is 0.153. The van der Waals surface area contributed by atoms with E-state index in [0.717, 1.165) is 12.8 Å². The summed E-state index contributed by atoms with van der Waals surface area (Å²) in [5.41, 5.74) is 11.4. The van der Waals surface area contributed by atoms with Crippen LogP contribution in [0, 0.1) is 5.92 Å². The lowest BCUT2D eigenvalue weighted by atomic mass is 9.96. The molecule has 172 valence electrons. The zero-order valence-electron chi connectivity index (χ0n) is 18.2. The van der Waals surface area contributed by atoms with Gasteiger partial charge in [0.1, 0.15) is 18.1 Å². The molecule has 0 aliphatic carbocycles. The van der Waals surface area contributed by atoms with Crippen LogP contribution < -0.4 is 22.1 Å². The monoisotopic (exact) mass is 427 g/mol. The second kappa shape index (κ2) is 12.5. The second-order valence-electron chi connectivity index (χ2n) is 8.02. The van der Waals surface area contributed by atoms with Gasteiger partial charge in [0, 0.05) is 6.54 Å². The summed E-state index contributed by atoms with van der Waals surface area (Å²) in [4.78, 5) is 50.8. The predicted octanol–water partition coefficient (Wildman–Crippen LogP) is -0.446. The first-order valence-electron chi connectivity index (χ1n) is 10.7. The SMILES string of the molecule is CCC(C)C(NC(=O)C(N)CCCCN)C(=O)N1CCCC1C(=O)NC(C)C(=O)O. The van der Waals surface area contributed by atoms with E-state index in [1.54, 1.807) is 0 Å². The fourth-order valence-electron chi connectivity index (χ4n) is 3.44. The Morgan fingerprint density at radius 1 is 1.17 bits per heavy atom. The lowest BCUT2D eigenvalue weighted by Crippen LogP contribution is -2.58. The molecule has 1 rings (SSSR count). The summed E-state index contributed by atoms with van der Waals surface area (Å²) in [5, 5.41) is 14.2. The molecule has 3 amide bonds. The molecular weight excluding hydrogens is 390 g/mol. The number of hydrogen-bond acceptors (Lipinski definition) is 6. The number of amides is 3. The number of hydrogen-bond donors (Lipinski definition) is 5. The van der Waals surface area contributed by atoms with Crippen molar-refractivity contribution in [2.24, 2.45) is 17.4 Å². The molecule has 0 saturated carbocycles. The lowest BCUT2D eigenvalue weighted by molar-refractivity contribution is -0.145. The van der Waals surface area contributed by atoms with E-state index >= 15 is 0 Å². The number of carbonyl (C=O) groups is 4. The highest BCUT2D eigenvalue weighted by atomic mass is 16.4. The summed E-state index contributed by atoms with van der Waals surface area (Å²) in [6.45, 7) is 6.06. The molecular formula is C20H37N5O5. The van der Waals surface area contributed by atoms with Crippen molar-refractivity contribution in [1.29, 1.82) is 0 Å². The van der Waals surface area contributed by atoms with Crippen LogP contribution in [0.15, 0.2) is 0 Å². The van der Waals surface area contributed by atoms with Crippen molar-refractivity contribution in [2.75, 3.05) is 13.1 Å². The lowest BCUT2D eigenvalue weighted by Gasteiger charge is -2.32. The molecule has 10 heteroatoms. The smallest absolute Gasteiger partial charge is 0.325 e. The Balaban J connectivity index is 2.87. The van der Waals surface area contributed by atoms with Gasteiger partial charge in [0.15, 0.2) is 0 Å². The van der Waals surface area contributed by atoms with E-state index < -0.39 is 42.0 Å². The van der Waals surface area contributed by atoms with Gasteiger partial charge in [-0.05, 0) is 45.1 Å². The maximum atomic E-state index is 13.3. The van der Waals surface area contributed by atoms with E-state index in [1.807, 2.05) is 13.8 Å². The number of nitrogens with zero attached hydrogens (tertiary/aromatic N) is 1. The van der Waals surface area contributed by atoms with Crippen LogP contribution in [0.1, 0.15) is 59.3 Å². The largest absolute Gasteiger partial charge is 0.480 e. The molecule has 5 unspecified atom stereocenters. The third-order valence-corrected chi connectivity index (χ3v) is 5.65. The van der Waals surface area contributed by atoms with Gasteiger partial charge in [0.05, 0.1) is 6.04 Å². The van der Waals surface area contributed by atoms with E-state index in [1.165, 1.54) is 11.8 Å². The molecule has 1 aliphatic rings. The molecule has 1 saturated heterocycles. The quantitative estimate of drug-likeness (QED) is 0.263. The third kappa shape index (κ3) is 7.24. The van der Waals surface area contributed by atoms with Crippen molar-refractivity contribution in [2.45, 2.75) is 83.5 Å². The average Bonchev–Trinajstić information content (AvgIpc) is 3.20. The summed E-state index contributed by atoms with van der Waals surface area (Å²) in [7, 11) is 0. The van der Waals surface area contributed by atoms with Gasteiger partial charge >= 0.3 is 5.97 Å². The second-order valence-corrected chi connectivity index (χ2v) is 8.02. The first-order valence-corrected chi connectivity index (χ1v) is 10.7. The summed E-state index contributed by atoms with van der Waals surface area (Å²) in [5.74, 6) is -2.53. The van der Waals surface area contributed by atoms with Crippen LogP contribution >= 0.6 is 0 Å². The number of carboxylic acid groups (broad SMARTS) is 1. The third-order valence-electron chi connectivity index (χ3n) is 5.65.